The molecule has 1 aromatic heterocycles. The number of hydrogen-bond acceptors (Lipinski definition) is 4. The Morgan fingerprint density at radius 3 is 2.15 bits per heavy atom. The average molecular weight is 483 g/mol. The first-order valence-corrected chi connectivity index (χ1v) is 12.5. The summed E-state index contributed by atoms with van der Waals surface area (Å²) in [5.74, 6) is 2.49. The summed E-state index contributed by atoms with van der Waals surface area (Å²) in [6.07, 6.45) is 7.40. The van der Waals surface area contributed by atoms with E-state index in [1.807, 2.05) is 38.1 Å². The lowest BCUT2D eigenvalue weighted by molar-refractivity contribution is 0.367. The molecule has 2 unspecified atom stereocenters. The van der Waals surface area contributed by atoms with E-state index in [-0.39, 0.29) is 0 Å². The van der Waals surface area contributed by atoms with Crippen LogP contribution in [0.25, 0.3) is 0 Å². The minimum absolute atomic E-state index is 0.477. The summed E-state index contributed by atoms with van der Waals surface area (Å²) in [7, 11) is 0. The van der Waals surface area contributed by atoms with E-state index in [0.29, 0.717) is 27.8 Å². The van der Waals surface area contributed by atoms with Crippen LogP contribution >= 0.6 is 11.6 Å². The Balaban J connectivity index is 0.000000830. The Morgan fingerprint density at radius 1 is 1.09 bits per heavy atom. The second kappa shape index (κ2) is 17.7. The Kier molecular flexibility index (Phi) is 16.2. The molecule has 4 nitrogen and oxygen atoms in total. The number of allylic oxidation sites excluding steroid dienone is 3. The number of nitrogens with zero attached hydrogens (tertiary/aromatic N) is 2. The molecular formula is C29H43ClN4. The highest BCUT2D eigenvalue weighted by Crippen LogP contribution is 2.28. The van der Waals surface area contributed by atoms with Gasteiger partial charge in [-0.1, -0.05) is 96.7 Å². The van der Waals surface area contributed by atoms with Gasteiger partial charge in [-0.25, -0.2) is 4.98 Å². The third-order valence-corrected chi connectivity index (χ3v) is 5.52. The zero-order valence-corrected chi connectivity index (χ0v) is 23.1. The van der Waals surface area contributed by atoms with Gasteiger partial charge in [-0.05, 0) is 43.9 Å². The molecule has 1 aromatic carbocycles. The highest BCUT2D eigenvalue weighted by Gasteiger charge is 2.07. The molecule has 2 aromatic rings. The maximum Gasteiger partial charge on any atom is 0.132 e. The quantitative estimate of drug-likeness (QED) is 0.367. The second-order valence-electron chi connectivity index (χ2n) is 8.61. The lowest BCUT2D eigenvalue weighted by Crippen LogP contribution is -2.04. The molecule has 34 heavy (non-hydrogen) atoms. The number of pyridine rings is 1. The molecule has 0 fully saturated rings. The maximum absolute atomic E-state index is 9.16. The van der Waals surface area contributed by atoms with E-state index in [1.54, 1.807) is 18.3 Å². The van der Waals surface area contributed by atoms with Crippen molar-refractivity contribution >= 4 is 28.8 Å². The number of anilines is 3. The highest BCUT2D eigenvalue weighted by molar-refractivity contribution is 6.33. The summed E-state index contributed by atoms with van der Waals surface area (Å²) < 4.78 is 0. The molecular weight excluding hydrogens is 440 g/mol. The van der Waals surface area contributed by atoms with Crippen molar-refractivity contribution in [2.75, 3.05) is 10.6 Å². The lowest BCUT2D eigenvalue weighted by atomic mass is 9.92. The van der Waals surface area contributed by atoms with Gasteiger partial charge in [0.25, 0.3) is 0 Å². The number of nitrogens with one attached hydrogen (secondary N) is 2. The topological polar surface area (TPSA) is 60.7 Å². The molecule has 2 atom stereocenters. The summed E-state index contributed by atoms with van der Waals surface area (Å²) in [5, 5.41) is 16.0. The zero-order valence-electron chi connectivity index (χ0n) is 22.3. The number of rotatable bonds is 8. The summed E-state index contributed by atoms with van der Waals surface area (Å²) >= 11 is 6.20. The fourth-order valence-electron chi connectivity index (χ4n) is 2.85. The van der Waals surface area contributed by atoms with Gasteiger partial charge in [-0.2, -0.15) is 5.26 Å². The minimum Gasteiger partial charge on any atom is -0.353 e. The van der Waals surface area contributed by atoms with Crippen LogP contribution in [-0.4, -0.2) is 4.98 Å². The number of halogens is 1. The molecule has 0 saturated heterocycles. The molecule has 5 heteroatoms. The van der Waals surface area contributed by atoms with Crippen LogP contribution in [0.4, 0.5) is 17.2 Å². The monoisotopic (exact) mass is 482 g/mol. The number of benzene rings is 1. The Labute approximate surface area is 213 Å². The third kappa shape index (κ3) is 12.5. The van der Waals surface area contributed by atoms with Crippen molar-refractivity contribution < 1.29 is 0 Å². The van der Waals surface area contributed by atoms with Crippen LogP contribution in [0, 0.1) is 23.2 Å². The largest absolute Gasteiger partial charge is 0.353 e. The molecule has 0 bridgehead atoms. The van der Waals surface area contributed by atoms with Gasteiger partial charge >= 0.3 is 0 Å². The molecule has 1 heterocycles. The normalized spacial score (nSPS) is 12.1. The smallest absolute Gasteiger partial charge is 0.132 e. The van der Waals surface area contributed by atoms with E-state index in [1.165, 1.54) is 19.3 Å². The van der Waals surface area contributed by atoms with Gasteiger partial charge in [0.2, 0.25) is 0 Å². The molecule has 0 radical (unpaired) electrons. The Hall–Kier alpha value is -2.77. The van der Waals surface area contributed by atoms with Crippen LogP contribution in [0.15, 0.2) is 60.5 Å². The minimum atomic E-state index is 0.477. The molecule has 0 spiro atoms. The summed E-state index contributed by atoms with van der Waals surface area (Å²) in [4.78, 5) is 4.25. The first-order valence-electron chi connectivity index (χ1n) is 12.2. The molecule has 0 saturated carbocycles. The lowest BCUT2D eigenvalue weighted by Gasteiger charge is -2.14. The first kappa shape index (κ1) is 31.2. The molecule has 0 aliphatic carbocycles. The standard InChI is InChI=1S/C18H17ClN4.C8H18.C3H8/c1-12(2)8-13(3)22-18-9-17(15(19)11-21-18)23-16-7-5-4-6-14(16)10-20;1-5-7(3)8(4)6-2;1-3-2/h4-9,11H,1H2,2-3H3,(H2,21,22,23);7-8H,5-6H2,1-4H3;3H2,1-2H3/b13-8+;;. The van der Waals surface area contributed by atoms with Crippen LogP contribution in [0.1, 0.15) is 80.2 Å². The predicted molar refractivity (Wildman–Crippen MR) is 151 cm³/mol. The third-order valence-electron chi connectivity index (χ3n) is 5.22. The van der Waals surface area contributed by atoms with Crippen molar-refractivity contribution in [3.05, 3.63) is 71.0 Å². The van der Waals surface area contributed by atoms with Gasteiger partial charge in [-0.3, -0.25) is 0 Å². The fraction of sp³-hybridized carbons (Fsp3) is 0.448. The molecule has 0 amide bonds. The second-order valence-corrected chi connectivity index (χ2v) is 9.02. The van der Waals surface area contributed by atoms with Crippen LogP contribution in [-0.2, 0) is 0 Å². The summed E-state index contributed by atoms with van der Waals surface area (Å²) in [6.45, 7) is 21.1. The zero-order chi connectivity index (χ0) is 26.1. The van der Waals surface area contributed by atoms with Crippen molar-refractivity contribution in [2.24, 2.45) is 11.8 Å². The maximum atomic E-state index is 9.16. The highest BCUT2D eigenvalue weighted by atomic mass is 35.5. The number of aromatic nitrogens is 1. The van der Waals surface area contributed by atoms with Crippen molar-refractivity contribution in [2.45, 2.75) is 74.7 Å². The SMILES string of the molecule is C=C(C)/C=C(\C)Nc1cc(Nc2ccccc2C#N)c(Cl)cn1.CCC.CCC(C)C(C)CC. The molecule has 2 rings (SSSR count). The Bertz CT molecular complexity index is 935. The van der Waals surface area contributed by atoms with Gasteiger partial charge in [-0.15, -0.1) is 0 Å². The van der Waals surface area contributed by atoms with Crippen LogP contribution < -0.4 is 10.6 Å². The number of para-hydroxylation sites is 1. The van der Waals surface area contributed by atoms with Gasteiger partial charge in [0.1, 0.15) is 11.9 Å². The van der Waals surface area contributed by atoms with E-state index in [9.17, 15) is 0 Å². The Morgan fingerprint density at radius 2 is 1.65 bits per heavy atom. The van der Waals surface area contributed by atoms with E-state index in [0.717, 1.165) is 23.1 Å². The summed E-state index contributed by atoms with van der Waals surface area (Å²) in [5.41, 5.74) is 3.80. The predicted octanol–water partition coefficient (Wildman–Crippen LogP) is 9.74. The number of hydrogen-bond donors (Lipinski definition) is 2. The van der Waals surface area contributed by atoms with Crippen molar-refractivity contribution in [3.63, 3.8) is 0 Å². The van der Waals surface area contributed by atoms with Crippen LogP contribution in [0.2, 0.25) is 5.02 Å². The average Bonchev–Trinajstić information content (AvgIpc) is 2.81. The van der Waals surface area contributed by atoms with Crippen molar-refractivity contribution in [3.8, 4) is 6.07 Å². The van der Waals surface area contributed by atoms with Gasteiger partial charge in [0, 0.05) is 11.8 Å². The van der Waals surface area contributed by atoms with E-state index < -0.39 is 0 Å². The molecule has 0 aliphatic heterocycles. The van der Waals surface area contributed by atoms with Crippen molar-refractivity contribution in [1.82, 2.24) is 4.98 Å². The van der Waals surface area contributed by atoms with Gasteiger partial charge < -0.3 is 10.6 Å². The number of nitriles is 1. The van der Waals surface area contributed by atoms with Gasteiger partial charge in [0.05, 0.1) is 28.2 Å². The molecule has 0 aliphatic rings. The fourth-order valence-corrected chi connectivity index (χ4v) is 3.00. The van der Waals surface area contributed by atoms with E-state index in [2.05, 4.69) is 69.8 Å². The molecule has 2 N–H and O–H groups in total. The first-order chi connectivity index (χ1) is 16.1. The van der Waals surface area contributed by atoms with E-state index in [4.69, 9.17) is 16.9 Å². The van der Waals surface area contributed by atoms with Crippen LogP contribution in [0.3, 0.4) is 0 Å². The van der Waals surface area contributed by atoms with Gasteiger partial charge in [0.15, 0.2) is 0 Å². The van der Waals surface area contributed by atoms with E-state index >= 15 is 0 Å². The van der Waals surface area contributed by atoms with Crippen molar-refractivity contribution in [1.29, 1.82) is 5.26 Å². The summed E-state index contributed by atoms with van der Waals surface area (Å²) in [6, 6.07) is 11.2. The molecule has 186 valence electrons. The van der Waals surface area contributed by atoms with Crippen LogP contribution in [0.5, 0.6) is 0 Å².